The molecule has 0 radical (unpaired) electrons. The number of benzene rings is 1. The van der Waals surface area contributed by atoms with Gasteiger partial charge < -0.3 is 20.3 Å². The van der Waals surface area contributed by atoms with Gasteiger partial charge in [0.15, 0.2) is 5.96 Å². The standard InChI is InChI=1S/C20H34N4O/c1-3-21-20(22-12-9-18-7-5-4-6-8-18)23-17-19-10-13-24(14-11-19)15-16-25-2/h4-8,19H,3,9-17H2,1-2H3,(H2,21,22,23). The molecular formula is C20H34N4O. The Morgan fingerprint density at radius 3 is 2.64 bits per heavy atom. The third-order valence-electron chi connectivity index (χ3n) is 4.72. The van der Waals surface area contributed by atoms with Crippen LogP contribution in [-0.4, -0.2) is 63.8 Å². The molecule has 1 heterocycles. The van der Waals surface area contributed by atoms with Gasteiger partial charge in [0.25, 0.3) is 0 Å². The summed E-state index contributed by atoms with van der Waals surface area (Å²) in [4.78, 5) is 7.30. The van der Waals surface area contributed by atoms with Crippen molar-refractivity contribution in [2.45, 2.75) is 26.2 Å². The summed E-state index contributed by atoms with van der Waals surface area (Å²) < 4.78 is 5.17. The Balaban J connectivity index is 1.70. The summed E-state index contributed by atoms with van der Waals surface area (Å²) in [6.07, 6.45) is 3.48. The number of hydrogen-bond donors (Lipinski definition) is 2. The van der Waals surface area contributed by atoms with E-state index >= 15 is 0 Å². The van der Waals surface area contributed by atoms with Crippen molar-refractivity contribution in [3.8, 4) is 0 Å². The molecule has 1 aliphatic heterocycles. The summed E-state index contributed by atoms with van der Waals surface area (Å²) >= 11 is 0. The van der Waals surface area contributed by atoms with Crippen molar-refractivity contribution in [3.63, 3.8) is 0 Å². The molecule has 0 unspecified atom stereocenters. The smallest absolute Gasteiger partial charge is 0.191 e. The molecule has 2 rings (SSSR count). The van der Waals surface area contributed by atoms with Gasteiger partial charge in [0.2, 0.25) is 0 Å². The first kappa shape index (κ1) is 19.7. The lowest BCUT2D eigenvalue weighted by Crippen LogP contribution is -2.40. The zero-order chi connectivity index (χ0) is 17.7. The fraction of sp³-hybridized carbons (Fsp3) is 0.650. The number of aliphatic imine (C=N–C) groups is 1. The van der Waals surface area contributed by atoms with Gasteiger partial charge in [-0.05, 0) is 50.8 Å². The first-order valence-corrected chi connectivity index (χ1v) is 9.59. The highest BCUT2D eigenvalue weighted by molar-refractivity contribution is 5.79. The van der Waals surface area contributed by atoms with Crippen LogP contribution in [0.15, 0.2) is 35.3 Å². The number of ether oxygens (including phenoxy) is 1. The fourth-order valence-corrected chi connectivity index (χ4v) is 3.15. The Labute approximate surface area is 152 Å². The Morgan fingerprint density at radius 2 is 1.96 bits per heavy atom. The Morgan fingerprint density at radius 1 is 1.20 bits per heavy atom. The van der Waals surface area contributed by atoms with Crippen LogP contribution in [-0.2, 0) is 11.2 Å². The average molecular weight is 347 g/mol. The SMILES string of the molecule is CCNC(=NCC1CCN(CCOC)CC1)NCCc1ccccc1. The molecule has 2 N–H and O–H groups in total. The highest BCUT2D eigenvalue weighted by Crippen LogP contribution is 2.17. The number of rotatable bonds is 9. The van der Waals surface area contributed by atoms with E-state index in [2.05, 4.69) is 52.8 Å². The highest BCUT2D eigenvalue weighted by atomic mass is 16.5. The predicted molar refractivity (Wildman–Crippen MR) is 105 cm³/mol. The molecule has 0 amide bonds. The van der Waals surface area contributed by atoms with Gasteiger partial charge in [0.05, 0.1) is 6.61 Å². The molecule has 0 aliphatic carbocycles. The van der Waals surface area contributed by atoms with E-state index in [0.717, 1.165) is 45.2 Å². The maximum Gasteiger partial charge on any atom is 0.191 e. The molecule has 25 heavy (non-hydrogen) atoms. The average Bonchev–Trinajstić information content (AvgIpc) is 2.66. The lowest BCUT2D eigenvalue weighted by Gasteiger charge is -2.31. The number of nitrogens with zero attached hydrogens (tertiary/aromatic N) is 2. The number of likely N-dealkylation sites (tertiary alicyclic amines) is 1. The predicted octanol–water partition coefficient (Wildman–Crippen LogP) is 2.14. The molecule has 1 aliphatic rings. The number of piperidine rings is 1. The second kappa shape index (κ2) is 11.9. The molecule has 1 aromatic carbocycles. The van der Waals surface area contributed by atoms with Gasteiger partial charge in [-0.2, -0.15) is 0 Å². The van der Waals surface area contributed by atoms with Crippen molar-refractivity contribution in [2.75, 3.05) is 53.0 Å². The van der Waals surface area contributed by atoms with Gasteiger partial charge in [-0.1, -0.05) is 30.3 Å². The second-order valence-corrected chi connectivity index (χ2v) is 6.66. The first-order chi connectivity index (χ1) is 12.3. The molecule has 5 nitrogen and oxygen atoms in total. The molecule has 1 fully saturated rings. The largest absolute Gasteiger partial charge is 0.383 e. The Kier molecular flexibility index (Phi) is 9.37. The van der Waals surface area contributed by atoms with E-state index in [4.69, 9.17) is 9.73 Å². The number of nitrogens with one attached hydrogen (secondary N) is 2. The minimum absolute atomic E-state index is 0.698. The van der Waals surface area contributed by atoms with Gasteiger partial charge in [-0.3, -0.25) is 4.99 Å². The zero-order valence-electron chi connectivity index (χ0n) is 15.8. The summed E-state index contributed by atoms with van der Waals surface area (Å²) in [6, 6.07) is 10.6. The van der Waals surface area contributed by atoms with E-state index in [1.807, 2.05) is 0 Å². The zero-order valence-corrected chi connectivity index (χ0v) is 15.8. The quantitative estimate of drug-likeness (QED) is 0.531. The summed E-state index contributed by atoms with van der Waals surface area (Å²) in [5.41, 5.74) is 1.36. The van der Waals surface area contributed by atoms with E-state index in [1.165, 1.54) is 31.5 Å². The first-order valence-electron chi connectivity index (χ1n) is 9.59. The molecule has 0 aromatic heterocycles. The summed E-state index contributed by atoms with van der Waals surface area (Å²) in [6.45, 7) is 9.05. The van der Waals surface area contributed by atoms with Crippen LogP contribution in [0.25, 0.3) is 0 Å². The van der Waals surface area contributed by atoms with Crippen molar-refractivity contribution in [2.24, 2.45) is 10.9 Å². The fourth-order valence-electron chi connectivity index (χ4n) is 3.15. The van der Waals surface area contributed by atoms with Gasteiger partial charge in [0, 0.05) is 33.3 Å². The molecular weight excluding hydrogens is 312 g/mol. The van der Waals surface area contributed by atoms with E-state index in [0.29, 0.717) is 5.92 Å². The third-order valence-corrected chi connectivity index (χ3v) is 4.72. The van der Waals surface area contributed by atoms with E-state index in [9.17, 15) is 0 Å². The number of methoxy groups -OCH3 is 1. The van der Waals surface area contributed by atoms with Crippen molar-refractivity contribution in [3.05, 3.63) is 35.9 Å². The van der Waals surface area contributed by atoms with Crippen LogP contribution in [0.1, 0.15) is 25.3 Å². The van der Waals surface area contributed by atoms with Crippen molar-refractivity contribution < 1.29 is 4.74 Å². The van der Waals surface area contributed by atoms with Crippen LogP contribution in [0.5, 0.6) is 0 Å². The normalized spacial score (nSPS) is 16.8. The van der Waals surface area contributed by atoms with Crippen LogP contribution >= 0.6 is 0 Å². The summed E-state index contributed by atoms with van der Waals surface area (Å²) in [5, 5.41) is 6.81. The van der Waals surface area contributed by atoms with Crippen molar-refractivity contribution in [1.82, 2.24) is 15.5 Å². The molecule has 1 saturated heterocycles. The highest BCUT2D eigenvalue weighted by Gasteiger charge is 2.18. The monoisotopic (exact) mass is 346 g/mol. The second-order valence-electron chi connectivity index (χ2n) is 6.66. The summed E-state index contributed by atoms with van der Waals surface area (Å²) in [5.74, 6) is 1.64. The van der Waals surface area contributed by atoms with E-state index < -0.39 is 0 Å². The Bertz CT molecular complexity index is 484. The van der Waals surface area contributed by atoms with Gasteiger partial charge >= 0.3 is 0 Å². The lowest BCUT2D eigenvalue weighted by atomic mass is 9.97. The van der Waals surface area contributed by atoms with Crippen molar-refractivity contribution in [1.29, 1.82) is 0 Å². The minimum atomic E-state index is 0.698. The van der Waals surface area contributed by atoms with E-state index in [1.54, 1.807) is 7.11 Å². The van der Waals surface area contributed by atoms with Crippen LogP contribution in [0.2, 0.25) is 0 Å². The molecule has 1 aromatic rings. The molecule has 0 atom stereocenters. The number of hydrogen-bond acceptors (Lipinski definition) is 3. The van der Waals surface area contributed by atoms with Crippen LogP contribution < -0.4 is 10.6 Å². The van der Waals surface area contributed by atoms with Crippen molar-refractivity contribution >= 4 is 5.96 Å². The molecule has 5 heteroatoms. The molecule has 0 spiro atoms. The molecule has 0 saturated carbocycles. The summed E-state index contributed by atoms with van der Waals surface area (Å²) in [7, 11) is 1.77. The van der Waals surface area contributed by atoms with E-state index in [-0.39, 0.29) is 0 Å². The lowest BCUT2D eigenvalue weighted by molar-refractivity contribution is 0.121. The third kappa shape index (κ3) is 7.88. The minimum Gasteiger partial charge on any atom is -0.383 e. The van der Waals surface area contributed by atoms with Crippen LogP contribution in [0.3, 0.4) is 0 Å². The van der Waals surface area contributed by atoms with Crippen LogP contribution in [0.4, 0.5) is 0 Å². The topological polar surface area (TPSA) is 48.9 Å². The van der Waals surface area contributed by atoms with Gasteiger partial charge in [-0.25, -0.2) is 0 Å². The molecule has 0 bridgehead atoms. The number of guanidine groups is 1. The maximum absolute atomic E-state index is 5.17. The maximum atomic E-state index is 5.17. The van der Waals surface area contributed by atoms with Gasteiger partial charge in [0.1, 0.15) is 0 Å². The Hall–Kier alpha value is -1.59. The molecule has 140 valence electrons. The van der Waals surface area contributed by atoms with Crippen LogP contribution in [0, 0.1) is 5.92 Å². The van der Waals surface area contributed by atoms with Gasteiger partial charge in [-0.15, -0.1) is 0 Å².